The number of carboxylic acid groups (broad SMARTS) is 1. The van der Waals surface area contributed by atoms with Gasteiger partial charge in [-0.1, -0.05) is 31.5 Å². The second kappa shape index (κ2) is 9.78. The van der Waals surface area contributed by atoms with Crippen molar-refractivity contribution in [2.24, 2.45) is 0 Å². The lowest BCUT2D eigenvalue weighted by atomic mass is 10.1. The van der Waals surface area contributed by atoms with Gasteiger partial charge in [-0.05, 0) is 62.6 Å². The molecule has 0 aromatic heterocycles. The van der Waals surface area contributed by atoms with E-state index in [2.05, 4.69) is 0 Å². The number of unbranched alkanes of at least 4 members (excludes halogenated alkanes) is 1. The van der Waals surface area contributed by atoms with Gasteiger partial charge in [0.25, 0.3) is 0 Å². The first-order valence-corrected chi connectivity index (χ1v) is 11.3. The third-order valence-corrected chi connectivity index (χ3v) is 6.49. The Morgan fingerprint density at radius 2 is 1.79 bits per heavy atom. The SMILES string of the molecule is CCCCS(=O)(=O)N(c1ccc(C)cc1OCc1ccc(C(=O)O)cc1)C(C)C. The molecule has 158 valence electrons. The van der Waals surface area contributed by atoms with Crippen LogP contribution in [-0.2, 0) is 16.6 Å². The first kappa shape index (κ1) is 22.7. The lowest BCUT2D eigenvalue weighted by Gasteiger charge is -2.30. The zero-order chi connectivity index (χ0) is 21.6. The molecular formula is C22H29NO5S. The number of carboxylic acids is 1. The summed E-state index contributed by atoms with van der Waals surface area (Å²) in [7, 11) is -3.48. The van der Waals surface area contributed by atoms with Crippen LogP contribution in [-0.4, -0.2) is 31.3 Å². The highest BCUT2D eigenvalue weighted by molar-refractivity contribution is 7.92. The maximum atomic E-state index is 13.0. The Balaban J connectivity index is 2.32. The molecule has 0 aliphatic carbocycles. The van der Waals surface area contributed by atoms with Crippen LogP contribution < -0.4 is 9.04 Å². The molecule has 1 N–H and O–H groups in total. The Bertz CT molecular complexity index is 936. The van der Waals surface area contributed by atoms with Crippen molar-refractivity contribution in [2.75, 3.05) is 10.1 Å². The second-order valence-corrected chi connectivity index (χ2v) is 9.29. The van der Waals surface area contributed by atoms with Gasteiger partial charge in [0, 0.05) is 6.04 Å². The smallest absolute Gasteiger partial charge is 0.335 e. The molecule has 0 radical (unpaired) electrons. The lowest BCUT2D eigenvalue weighted by Crippen LogP contribution is -2.38. The number of rotatable bonds is 10. The van der Waals surface area contributed by atoms with Gasteiger partial charge in [-0.25, -0.2) is 13.2 Å². The molecule has 0 aliphatic heterocycles. The summed E-state index contributed by atoms with van der Waals surface area (Å²) in [5.74, 6) is -0.407. The number of aryl methyl sites for hydroxylation is 1. The minimum Gasteiger partial charge on any atom is -0.487 e. The van der Waals surface area contributed by atoms with E-state index in [1.807, 2.05) is 39.8 Å². The summed E-state index contributed by atoms with van der Waals surface area (Å²) in [6.45, 7) is 7.78. The van der Waals surface area contributed by atoms with Crippen molar-refractivity contribution in [3.63, 3.8) is 0 Å². The zero-order valence-electron chi connectivity index (χ0n) is 17.4. The van der Waals surface area contributed by atoms with Crippen LogP contribution in [0.1, 0.15) is 55.1 Å². The van der Waals surface area contributed by atoms with Crippen LogP contribution in [0.25, 0.3) is 0 Å². The van der Waals surface area contributed by atoms with Crippen LogP contribution in [0.4, 0.5) is 5.69 Å². The molecule has 2 aromatic carbocycles. The zero-order valence-corrected chi connectivity index (χ0v) is 18.2. The quantitative estimate of drug-likeness (QED) is 0.608. The fourth-order valence-electron chi connectivity index (χ4n) is 3.00. The molecule has 0 heterocycles. The van der Waals surface area contributed by atoms with Crippen LogP contribution in [0.5, 0.6) is 5.75 Å². The van der Waals surface area contributed by atoms with Crippen LogP contribution in [0, 0.1) is 6.92 Å². The van der Waals surface area contributed by atoms with Gasteiger partial charge in [-0.2, -0.15) is 0 Å². The van der Waals surface area contributed by atoms with E-state index in [-0.39, 0.29) is 24.0 Å². The van der Waals surface area contributed by atoms with Crippen molar-refractivity contribution in [2.45, 2.75) is 53.2 Å². The molecule has 0 spiro atoms. The van der Waals surface area contributed by atoms with Gasteiger partial charge in [0.05, 0.1) is 17.0 Å². The normalized spacial score (nSPS) is 11.5. The maximum absolute atomic E-state index is 13.0. The van der Waals surface area contributed by atoms with Crippen molar-refractivity contribution < 1.29 is 23.1 Å². The van der Waals surface area contributed by atoms with Gasteiger partial charge in [0.2, 0.25) is 10.0 Å². The molecule has 0 atom stereocenters. The van der Waals surface area contributed by atoms with E-state index < -0.39 is 16.0 Å². The maximum Gasteiger partial charge on any atom is 0.335 e. The molecule has 0 amide bonds. The van der Waals surface area contributed by atoms with Crippen LogP contribution in [0.2, 0.25) is 0 Å². The Hall–Kier alpha value is -2.54. The summed E-state index contributed by atoms with van der Waals surface area (Å²) in [6.07, 6.45) is 1.40. The number of aromatic carboxylic acids is 1. The van der Waals surface area contributed by atoms with Crippen molar-refractivity contribution in [3.05, 3.63) is 59.2 Å². The van der Waals surface area contributed by atoms with E-state index in [1.165, 1.54) is 16.4 Å². The van der Waals surface area contributed by atoms with Crippen molar-refractivity contribution in [1.82, 2.24) is 0 Å². The summed E-state index contributed by atoms with van der Waals surface area (Å²) in [6, 6.07) is 11.6. The molecule has 2 rings (SSSR count). The van der Waals surface area contributed by atoms with Gasteiger partial charge in [0.15, 0.2) is 0 Å². The Labute approximate surface area is 173 Å². The van der Waals surface area contributed by atoms with Crippen LogP contribution in [0.3, 0.4) is 0 Å². The van der Waals surface area contributed by atoms with E-state index in [0.29, 0.717) is 17.9 Å². The second-order valence-electron chi connectivity index (χ2n) is 7.32. The van der Waals surface area contributed by atoms with Crippen molar-refractivity contribution in [1.29, 1.82) is 0 Å². The highest BCUT2D eigenvalue weighted by Gasteiger charge is 2.27. The number of benzene rings is 2. The standard InChI is InChI=1S/C22H29NO5S/c1-5-6-13-29(26,27)23(16(2)3)20-12-7-17(4)14-21(20)28-15-18-8-10-19(11-9-18)22(24)25/h7-12,14,16H,5-6,13,15H2,1-4H3,(H,24,25). The van der Waals surface area contributed by atoms with E-state index >= 15 is 0 Å². The number of sulfonamides is 1. The van der Waals surface area contributed by atoms with Crippen LogP contribution in [0.15, 0.2) is 42.5 Å². The Morgan fingerprint density at radius 1 is 1.14 bits per heavy atom. The molecule has 0 saturated heterocycles. The average Bonchev–Trinajstić information content (AvgIpc) is 2.66. The lowest BCUT2D eigenvalue weighted by molar-refractivity contribution is 0.0697. The molecule has 0 fully saturated rings. The van der Waals surface area contributed by atoms with Crippen molar-refractivity contribution in [3.8, 4) is 5.75 Å². The van der Waals surface area contributed by atoms with E-state index in [9.17, 15) is 13.2 Å². The molecule has 0 unspecified atom stereocenters. The summed E-state index contributed by atoms with van der Waals surface area (Å²) < 4.78 is 33.3. The summed E-state index contributed by atoms with van der Waals surface area (Å²) in [4.78, 5) is 11.0. The third-order valence-electron chi connectivity index (χ3n) is 4.47. The first-order valence-electron chi connectivity index (χ1n) is 9.73. The molecule has 0 bridgehead atoms. The predicted octanol–water partition coefficient (Wildman–Crippen LogP) is 4.62. The molecule has 0 aliphatic rings. The van der Waals surface area contributed by atoms with E-state index in [4.69, 9.17) is 9.84 Å². The summed E-state index contributed by atoms with van der Waals surface area (Å²) >= 11 is 0. The van der Waals surface area contributed by atoms with Gasteiger partial charge < -0.3 is 9.84 Å². The fourth-order valence-corrected chi connectivity index (χ4v) is 4.94. The number of hydrogen-bond acceptors (Lipinski definition) is 4. The molecule has 0 saturated carbocycles. The summed E-state index contributed by atoms with van der Waals surface area (Å²) in [5.41, 5.74) is 2.48. The molecule has 6 nitrogen and oxygen atoms in total. The fraction of sp³-hybridized carbons (Fsp3) is 0.409. The minimum absolute atomic E-state index is 0.0889. The van der Waals surface area contributed by atoms with Crippen LogP contribution >= 0.6 is 0 Å². The predicted molar refractivity (Wildman–Crippen MR) is 115 cm³/mol. The highest BCUT2D eigenvalue weighted by atomic mass is 32.2. The van der Waals surface area contributed by atoms with Gasteiger partial charge in [-0.3, -0.25) is 4.31 Å². The number of nitrogens with zero attached hydrogens (tertiary/aromatic N) is 1. The minimum atomic E-state index is -3.48. The average molecular weight is 420 g/mol. The van der Waals surface area contributed by atoms with Gasteiger partial charge >= 0.3 is 5.97 Å². The number of hydrogen-bond donors (Lipinski definition) is 1. The number of carbonyl (C=O) groups is 1. The van der Waals surface area contributed by atoms with Gasteiger partial charge in [-0.15, -0.1) is 0 Å². The highest BCUT2D eigenvalue weighted by Crippen LogP contribution is 2.34. The molecular weight excluding hydrogens is 390 g/mol. The van der Waals surface area contributed by atoms with E-state index in [0.717, 1.165) is 17.5 Å². The topological polar surface area (TPSA) is 83.9 Å². The molecule has 2 aromatic rings. The Morgan fingerprint density at radius 3 is 2.34 bits per heavy atom. The summed E-state index contributed by atoms with van der Waals surface area (Å²) in [5, 5.41) is 9.01. The molecule has 7 heteroatoms. The third kappa shape index (κ3) is 5.97. The Kier molecular flexibility index (Phi) is 7.67. The van der Waals surface area contributed by atoms with Crippen molar-refractivity contribution >= 4 is 21.7 Å². The van der Waals surface area contributed by atoms with E-state index in [1.54, 1.807) is 18.2 Å². The van der Waals surface area contributed by atoms with Gasteiger partial charge in [0.1, 0.15) is 12.4 Å². The monoisotopic (exact) mass is 419 g/mol. The molecule has 29 heavy (non-hydrogen) atoms. The number of ether oxygens (including phenoxy) is 1. The largest absolute Gasteiger partial charge is 0.487 e. The number of anilines is 1. The first-order chi connectivity index (χ1) is 13.7.